The van der Waals surface area contributed by atoms with Gasteiger partial charge in [-0.1, -0.05) is 0 Å². The van der Waals surface area contributed by atoms with Gasteiger partial charge in [-0.2, -0.15) is 0 Å². The number of rotatable bonds is 11. The van der Waals surface area contributed by atoms with Gasteiger partial charge in [0.25, 0.3) is 0 Å². The summed E-state index contributed by atoms with van der Waals surface area (Å²) >= 11 is 1.25. The standard InChI is InChI=1S/C17H35O.Sn/c1-14(2)8-7-11-17(18,12-9-15(3)4)13-10-16(5)6;/h14-16H,7-13H2,1-6H3;/q-1;+1. The fourth-order valence-corrected chi connectivity index (χ4v) is 3.34. The van der Waals surface area contributed by atoms with E-state index in [1.807, 2.05) is 0 Å². The first kappa shape index (κ1) is 19.8. The average Bonchev–Trinajstić information content (AvgIpc) is 2.31. The quantitative estimate of drug-likeness (QED) is 0.433. The van der Waals surface area contributed by atoms with E-state index in [-0.39, 0.29) is 5.60 Å². The molecule has 0 aliphatic heterocycles. The van der Waals surface area contributed by atoms with Crippen molar-refractivity contribution in [1.29, 1.82) is 0 Å². The summed E-state index contributed by atoms with van der Waals surface area (Å²) < 4.78 is 6.11. The summed E-state index contributed by atoms with van der Waals surface area (Å²) in [5.41, 5.74) is 0.182. The van der Waals surface area contributed by atoms with Crippen LogP contribution in [0.1, 0.15) is 86.5 Å². The third-order valence-electron chi connectivity index (χ3n) is 3.98. The topological polar surface area (TPSA) is 9.23 Å². The Balaban J connectivity index is 4.45. The Morgan fingerprint density at radius 3 is 1.47 bits per heavy atom. The molecule has 0 spiro atoms. The molecule has 0 aliphatic carbocycles. The number of hydrogen-bond acceptors (Lipinski definition) is 1. The normalized spacial score (nSPS) is 12.9. The molecule has 0 aromatic rings. The first-order valence-corrected chi connectivity index (χ1v) is 9.32. The molecule has 3 radical (unpaired) electrons. The molecule has 0 heterocycles. The van der Waals surface area contributed by atoms with E-state index in [2.05, 4.69) is 41.5 Å². The summed E-state index contributed by atoms with van der Waals surface area (Å²) in [6.45, 7) is 13.9. The first-order chi connectivity index (χ1) is 8.81. The van der Waals surface area contributed by atoms with Gasteiger partial charge in [0.1, 0.15) is 0 Å². The summed E-state index contributed by atoms with van der Waals surface area (Å²) in [5.74, 6) is 2.39. The van der Waals surface area contributed by atoms with Crippen molar-refractivity contribution in [1.82, 2.24) is 0 Å². The summed E-state index contributed by atoms with van der Waals surface area (Å²) in [4.78, 5) is 0. The van der Waals surface area contributed by atoms with Crippen LogP contribution in [0.4, 0.5) is 0 Å². The van der Waals surface area contributed by atoms with Crippen molar-refractivity contribution < 1.29 is 3.07 Å². The van der Waals surface area contributed by atoms with Gasteiger partial charge in [0.15, 0.2) is 0 Å². The Hall–Kier alpha value is 0.759. The Kier molecular flexibility index (Phi) is 10.9. The van der Waals surface area contributed by atoms with Crippen molar-refractivity contribution in [3.8, 4) is 0 Å². The van der Waals surface area contributed by atoms with E-state index in [9.17, 15) is 0 Å². The summed E-state index contributed by atoms with van der Waals surface area (Å²) in [6, 6.07) is 0. The second kappa shape index (κ2) is 10.5. The van der Waals surface area contributed by atoms with Gasteiger partial charge in [0.05, 0.1) is 0 Å². The van der Waals surface area contributed by atoms with Crippen molar-refractivity contribution in [3.05, 3.63) is 0 Å². The molecule has 2 heteroatoms. The number of hydrogen-bond donors (Lipinski definition) is 0. The third kappa shape index (κ3) is 10.2. The fourth-order valence-electron chi connectivity index (χ4n) is 2.46. The maximum atomic E-state index is 6.11. The fraction of sp³-hybridized carbons (Fsp3) is 1.00. The van der Waals surface area contributed by atoms with Gasteiger partial charge in [-0.25, -0.2) is 0 Å². The molecule has 0 saturated carbocycles. The van der Waals surface area contributed by atoms with Crippen LogP contribution >= 0.6 is 0 Å². The predicted molar refractivity (Wildman–Crippen MR) is 86.4 cm³/mol. The monoisotopic (exact) mass is 375 g/mol. The average molecular weight is 374 g/mol. The van der Waals surface area contributed by atoms with E-state index in [1.54, 1.807) is 0 Å². The third-order valence-corrected chi connectivity index (χ3v) is 5.22. The summed E-state index contributed by atoms with van der Waals surface area (Å²) in [5, 5.41) is 0. The SMILES string of the molecule is CC(C)CCCC(CCC(C)C)(CCC(C)C)[O][Sn]. The van der Waals surface area contributed by atoms with Crippen LogP contribution in [-0.4, -0.2) is 28.5 Å². The van der Waals surface area contributed by atoms with E-state index >= 15 is 0 Å². The Labute approximate surface area is 135 Å². The van der Waals surface area contributed by atoms with Gasteiger partial charge in [-0.05, 0) is 0 Å². The van der Waals surface area contributed by atoms with Crippen molar-refractivity contribution in [2.24, 2.45) is 17.8 Å². The van der Waals surface area contributed by atoms with Crippen molar-refractivity contribution in [3.63, 3.8) is 0 Å². The van der Waals surface area contributed by atoms with Crippen LogP contribution in [0.25, 0.3) is 0 Å². The van der Waals surface area contributed by atoms with E-state index < -0.39 is 0 Å². The minimum atomic E-state index is 0.182. The molecule has 113 valence electrons. The van der Waals surface area contributed by atoms with Crippen molar-refractivity contribution >= 4 is 22.9 Å². The Morgan fingerprint density at radius 1 is 0.737 bits per heavy atom. The van der Waals surface area contributed by atoms with Crippen LogP contribution in [0.3, 0.4) is 0 Å². The zero-order chi connectivity index (χ0) is 14.9. The van der Waals surface area contributed by atoms with Gasteiger partial charge in [-0.15, -0.1) is 0 Å². The van der Waals surface area contributed by atoms with Gasteiger partial charge >= 0.3 is 136 Å². The zero-order valence-corrected chi connectivity index (χ0v) is 16.9. The van der Waals surface area contributed by atoms with Crippen LogP contribution in [0.5, 0.6) is 0 Å². The second-order valence-corrected chi connectivity index (χ2v) is 8.02. The molecule has 0 aromatic carbocycles. The maximum absolute atomic E-state index is 6.11. The van der Waals surface area contributed by atoms with Crippen LogP contribution in [0.2, 0.25) is 0 Å². The van der Waals surface area contributed by atoms with Gasteiger partial charge in [0, 0.05) is 0 Å². The van der Waals surface area contributed by atoms with Gasteiger partial charge < -0.3 is 0 Å². The van der Waals surface area contributed by atoms with E-state index in [4.69, 9.17) is 3.07 Å². The molecule has 1 nitrogen and oxygen atoms in total. The molecule has 0 fully saturated rings. The molecule has 0 bridgehead atoms. The Morgan fingerprint density at radius 2 is 1.16 bits per heavy atom. The molecule has 0 aliphatic rings. The molecule has 0 atom stereocenters. The van der Waals surface area contributed by atoms with E-state index in [1.165, 1.54) is 67.9 Å². The van der Waals surface area contributed by atoms with E-state index in [0.29, 0.717) is 0 Å². The second-order valence-electron chi connectivity index (χ2n) is 7.44. The molecular formula is C17H35OSn. The summed E-state index contributed by atoms with van der Waals surface area (Å²) in [7, 11) is 0. The molecule has 0 rings (SSSR count). The van der Waals surface area contributed by atoms with Crippen LogP contribution < -0.4 is 0 Å². The van der Waals surface area contributed by atoms with Gasteiger partial charge in [0.2, 0.25) is 0 Å². The first-order valence-electron chi connectivity index (χ1n) is 8.16. The molecule has 19 heavy (non-hydrogen) atoms. The van der Waals surface area contributed by atoms with Crippen molar-refractivity contribution in [2.75, 3.05) is 0 Å². The molecule has 0 amide bonds. The molecule has 0 unspecified atom stereocenters. The predicted octanol–water partition coefficient (Wildman–Crippen LogP) is 5.52. The zero-order valence-electron chi connectivity index (χ0n) is 14.1. The van der Waals surface area contributed by atoms with E-state index in [0.717, 1.165) is 17.8 Å². The minimum absolute atomic E-state index is 0.182. The molecule has 0 aromatic heterocycles. The van der Waals surface area contributed by atoms with Crippen LogP contribution in [0.15, 0.2) is 0 Å². The van der Waals surface area contributed by atoms with Gasteiger partial charge in [-0.3, -0.25) is 0 Å². The molecule has 0 N–H and O–H groups in total. The summed E-state index contributed by atoms with van der Waals surface area (Å²) in [6.07, 6.45) is 9.02. The van der Waals surface area contributed by atoms with Crippen LogP contribution in [0, 0.1) is 17.8 Å². The molecular weight excluding hydrogens is 339 g/mol. The van der Waals surface area contributed by atoms with Crippen LogP contribution in [-0.2, 0) is 3.07 Å². The molecule has 0 saturated heterocycles. The van der Waals surface area contributed by atoms with Crippen molar-refractivity contribution in [2.45, 2.75) is 92.1 Å². The Bertz CT molecular complexity index is 199.